The van der Waals surface area contributed by atoms with E-state index in [4.69, 9.17) is 9.47 Å². The van der Waals surface area contributed by atoms with Crippen molar-refractivity contribution in [2.45, 2.75) is 78.1 Å². The van der Waals surface area contributed by atoms with E-state index in [0.717, 1.165) is 50.7 Å². The van der Waals surface area contributed by atoms with E-state index >= 15 is 0 Å². The zero-order chi connectivity index (χ0) is 23.0. The minimum atomic E-state index is -1.39. The number of carboxylic acids is 2. The van der Waals surface area contributed by atoms with Crippen LogP contribution in [0.25, 0.3) is 0 Å². The van der Waals surface area contributed by atoms with Crippen molar-refractivity contribution >= 4 is 23.9 Å². The summed E-state index contributed by atoms with van der Waals surface area (Å²) in [6.07, 6.45) is 13.8. The molecule has 0 unspecified atom stereocenters. The first-order chi connectivity index (χ1) is 14.3. The van der Waals surface area contributed by atoms with E-state index in [1.54, 1.807) is 0 Å². The molecule has 0 N–H and O–H groups in total. The molecule has 0 spiro atoms. The molecule has 0 aliphatic rings. The third-order valence-electron chi connectivity index (χ3n) is 3.70. The molecule has 0 bridgehead atoms. The molecule has 172 valence electrons. The van der Waals surface area contributed by atoms with Crippen LogP contribution in [0.3, 0.4) is 0 Å². The Bertz CT molecular complexity index is 496. The Morgan fingerprint density at radius 3 is 1.19 bits per heavy atom. The molecule has 0 aliphatic heterocycles. The van der Waals surface area contributed by atoms with Crippen molar-refractivity contribution in [2.24, 2.45) is 0 Å². The smallest absolute Gasteiger partial charge is 0.545 e. The molecule has 0 heterocycles. The normalized spacial score (nSPS) is 10.1. The number of hydrogen-bond acceptors (Lipinski definition) is 8. The predicted molar refractivity (Wildman–Crippen MR) is 108 cm³/mol. The van der Waals surface area contributed by atoms with Crippen molar-refractivity contribution in [1.29, 1.82) is 0 Å². The Balaban J connectivity index is -0.000000490. The zero-order valence-electron chi connectivity index (χ0n) is 18.8. The van der Waals surface area contributed by atoms with E-state index in [-0.39, 0.29) is 19.5 Å². The van der Waals surface area contributed by atoms with Crippen LogP contribution in [0.5, 0.6) is 0 Å². The number of aliphatic carboxylic acids is 2. The second-order valence-electron chi connectivity index (χ2n) is 6.47. The molecule has 0 radical (unpaired) electrons. The predicted octanol–water partition coefficient (Wildman–Crippen LogP) is 1.61. The van der Waals surface area contributed by atoms with Gasteiger partial charge in [-0.05, 0) is 25.0 Å². The number of carbonyl (C=O) groups excluding carboxylic acids is 4. The second-order valence-corrected chi connectivity index (χ2v) is 6.47. The number of ether oxygens (including phenoxy) is 2. The Morgan fingerprint density at radius 1 is 0.581 bits per heavy atom. The monoisotopic (exact) mass is 490 g/mol. The van der Waals surface area contributed by atoms with Crippen LogP contribution in [-0.4, -0.2) is 37.1 Å². The fourth-order valence-electron chi connectivity index (χ4n) is 2.13. The van der Waals surface area contributed by atoms with Gasteiger partial charge < -0.3 is 29.3 Å². The van der Waals surface area contributed by atoms with Crippen LogP contribution < -0.4 is 10.2 Å². The molecular formula is C22H34O8Zn. The van der Waals surface area contributed by atoms with E-state index in [2.05, 4.69) is 13.8 Å². The molecule has 9 heteroatoms. The van der Waals surface area contributed by atoms with E-state index < -0.39 is 23.9 Å². The summed E-state index contributed by atoms with van der Waals surface area (Å²) < 4.78 is 9.51. The molecule has 0 amide bonds. The van der Waals surface area contributed by atoms with E-state index in [9.17, 15) is 29.4 Å². The fourth-order valence-corrected chi connectivity index (χ4v) is 2.13. The Morgan fingerprint density at radius 2 is 0.903 bits per heavy atom. The van der Waals surface area contributed by atoms with Crippen LogP contribution in [0, 0.1) is 0 Å². The topological polar surface area (TPSA) is 133 Å². The molecule has 8 nitrogen and oxygen atoms in total. The molecule has 0 saturated carbocycles. The fraction of sp³-hybridized carbons (Fsp3) is 0.636. The van der Waals surface area contributed by atoms with Gasteiger partial charge >= 0.3 is 31.4 Å². The first-order valence-electron chi connectivity index (χ1n) is 10.4. The van der Waals surface area contributed by atoms with Crippen molar-refractivity contribution in [2.75, 3.05) is 13.2 Å². The van der Waals surface area contributed by atoms with E-state index in [0.29, 0.717) is 25.4 Å². The molecule has 0 atom stereocenters. The van der Waals surface area contributed by atoms with Gasteiger partial charge in [-0.1, -0.05) is 65.2 Å². The van der Waals surface area contributed by atoms with Crippen molar-refractivity contribution in [3.05, 3.63) is 24.3 Å². The van der Waals surface area contributed by atoms with Gasteiger partial charge in [-0.3, -0.25) is 0 Å². The largest absolute Gasteiger partial charge is 2.00 e. The van der Waals surface area contributed by atoms with Gasteiger partial charge in [0.15, 0.2) is 0 Å². The first-order valence-corrected chi connectivity index (χ1v) is 10.4. The van der Waals surface area contributed by atoms with Crippen LogP contribution >= 0.6 is 0 Å². The van der Waals surface area contributed by atoms with Gasteiger partial charge in [-0.25, -0.2) is 9.59 Å². The van der Waals surface area contributed by atoms with Crippen molar-refractivity contribution in [3.63, 3.8) is 0 Å². The molecule has 0 saturated heterocycles. The molecule has 0 aromatic rings. The minimum absolute atomic E-state index is 0. The van der Waals surface area contributed by atoms with Crippen LogP contribution in [-0.2, 0) is 48.1 Å². The average Bonchev–Trinajstić information content (AvgIpc) is 2.70. The summed E-state index contributed by atoms with van der Waals surface area (Å²) in [5.41, 5.74) is 0. The number of esters is 2. The number of hydrogen-bond donors (Lipinski definition) is 0. The molecule has 0 aliphatic carbocycles. The first kappa shape index (κ1) is 33.6. The minimum Gasteiger partial charge on any atom is -0.545 e. The summed E-state index contributed by atoms with van der Waals surface area (Å²) in [6.45, 7) is 4.95. The van der Waals surface area contributed by atoms with Gasteiger partial charge in [0.2, 0.25) is 0 Å². The van der Waals surface area contributed by atoms with Gasteiger partial charge in [0.25, 0.3) is 0 Å². The van der Waals surface area contributed by atoms with Crippen molar-refractivity contribution in [3.8, 4) is 0 Å². The summed E-state index contributed by atoms with van der Waals surface area (Å²) in [4.78, 5) is 41.6. The molecule has 0 fully saturated rings. The quantitative estimate of drug-likeness (QED) is 0.138. The third-order valence-corrected chi connectivity index (χ3v) is 3.70. The molecular weight excluding hydrogens is 458 g/mol. The zero-order valence-corrected chi connectivity index (χ0v) is 21.7. The standard InChI is InChI=1S/2C11H18O4.Zn/c2*1-2-3-4-5-6-9-15-11(14)8-7-10(12)13;/h2*7-8H,2-6,9H2,1H3,(H,12,13);/q;;+2/p-2/b2*8-7-;. The molecule has 0 aromatic carbocycles. The number of carboxylic acid groups (broad SMARTS) is 2. The molecule has 0 rings (SSSR count). The van der Waals surface area contributed by atoms with Crippen LogP contribution in [0.1, 0.15) is 78.1 Å². The third kappa shape index (κ3) is 32.8. The van der Waals surface area contributed by atoms with Gasteiger partial charge in [0.05, 0.1) is 25.2 Å². The maximum atomic E-state index is 10.8. The summed E-state index contributed by atoms with van der Waals surface area (Å²) in [5.74, 6) is -4.05. The molecule has 31 heavy (non-hydrogen) atoms. The summed E-state index contributed by atoms with van der Waals surface area (Å²) in [6, 6.07) is 0. The molecule has 0 aromatic heterocycles. The number of rotatable bonds is 16. The maximum absolute atomic E-state index is 10.8. The van der Waals surface area contributed by atoms with Gasteiger partial charge in [-0.2, -0.15) is 0 Å². The number of unbranched alkanes of at least 4 members (excludes halogenated alkanes) is 8. The van der Waals surface area contributed by atoms with Gasteiger partial charge in [0, 0.05) is 12.2 Å². The van der Waals surface area contributed by atoms with Crippen LogP contribution in [0.2, 0.25) is 0 Å². The van der Waals surface area contributed by atoms with Crippen molar-refractivity contribution in [1.82, 2.24) is 0 Å². The number of carbonyl (C=O) groups is 4. The van der Waals surface area contributed by atoms with Crippen LogP contribution in [0.4, 0.5) is 0 Å². The van der Waals surface area contributed by atoms with Gasteiger partial charge in [-0.15, -0.1) is 0 Å². The summed E-state index contributed by atoms with van der Waals surface area (Å²) in [5, 5.41) is 19.9. The Kier molecular flexibility index (Phi) is 28.2. The summed E-state index contributed by atoms with van der Waals surface area (Å²) in [7, 11) is 0. The SMILES string of the molecule is CCCCCCCOC(=O)/C=C\C(=O)[O-].CCCCCCCOC(=O)/C=C\C(=O)[O-].[Zn+2]. The van der Waals surface area contributed by atoms with Crippen LogP contribution in [0.15, 0.2) is 24.3 Å². The Labute approximate surface area is 197 Å². The van der Waals surface area contributed by atoms with E-state index in [1.165, 1.54) is 25.7 Å². The van der Waals surface area contributed by atoms with Gasteiger partial charge in [0.1, 0.15) is 0 Å². The van der Waals surface area contributed by atoms with E-state index in [1.807, 2.05) is 0 Å². The average molecular weight is 492 g/mol. The second kappa shape index (κ2) is 26.0. The van der Waals surface area contributed by atoms with Crippen molar-refractivity contribution < 1.29 is 58.3 Å². The Hall–Kier alpha value is -2.02. The summed E-state index contributed by atoms with van der Waals surface area (Å²) >= 11 is 0. The maximum Gasteiger partial charge on any atom is 2.00 e.